The maximum atomic E-state index is 13.5. The summed E-state index contributed by atoms with van der Waals surface area (Å²) in [5.74, 6) is -3.13. The molecule has 0 amide bonds. The van der Waals surface area contributed by atoms with Crippen LogP contribution in [0.4, 0.5) is 8.78 Å². The van der Waals surface area contributed by atoms with Crippen LogP contribution in [-0.4, -0.2) is 18.5 Å². The number of allylic oxidation sites excluding steroid dienone is 1. The van der Waals surface area contributed by atoms with Gasteiger partial charge in [0.05, 0.1) is 12.0 Å². The molecule has 0 heterocycles. The van der Waals surface area contributed by atoms with Gasteiger partial charge in [0.25, 0.3) is 5.92 Å². The first kappa shape index (κ1) is 16.9. The SMILES string of the molecule is CC.CCOC(=O)C1(C2=C(N)CCC(F)(F)C2)CCC1.[HH]. The molecule has 3 nitrogen and oxygen atoms in total. The van der Waals surface area contributed by atoms with E-state index in [0.717, 1.165) is 6.42 Å². The van der Waals surface area contributed by atoms with Crippen LogP contribution >= 0.6 is 0 Å². The second-order valence-corrected chi connectivity index (χ2v) is 5.19. The van der Waals surface area contributed by atoms with Gasteiger partial charge in [-0.1, -0.05) is 20.3 Å². The van der Waals surface area contributed by atoms with Crippen molar-refractivity contribution in [3.63, 3.8) is 0 Å². The molecule has 0 unspecified atom stereocenters. The lowest BCUT2D eigenvalue weighted by Gasteiger charge is -2.44. The fraction of sp³-hybridized carbons (Fsp3) is 0.800. The lowest BCUT2D eigenvalue weighted by Crippen LogP contribution is -2.45. The molecule has 0 atom stereocenters. The zero-order chi connectivity index (χ0) is 15.4. The van der Waals surface area contributed by atoms with Gasteiger partial charge in [-0.15, -0.1) is 0 Å². The van der Waals surface area contributed by atoms with Crippen molar-refractivity contribution < 1.29 is 19.7 Å². The van der Waals surface area contributed by atoms with Crippen molar-refractivity contribution >= 4 is 5.97 Å². The maximum absolute atomic E-state index is 13.5. The molecule has 1 fully saturated rings. The van der Waals surface area contributed by atoms with Crippen LogP contribution in [0.3, 0.4) is 0 Å². The Bertz CT molecular complexity index is 393. The minimum absolute atomic E-state index is 0. The molecule has 2 N–H and O–H groups in total. The van der Waals surface area contributed by atoms with Gasteiger partial charge in [-0.25, -0.2) is 8.78 Å². The number of alkyl halides is 2. The third-order valence-electron chi connectivity index (χ3n) is 4.03. The van der Waals surface area contributed by atoms with Crippen LogP contribution in [0.15, 0.2) is 11.3 Å². The first-order valence-electron chi connectivity index (χ1n) is 7.44. The molecule has 0 aromatic heterocycles. The van der Waals surface area contributed by atoms with Crippen LogP contribution in [0, 0.1) is 5.41 Å². The van der Waals surface area contributed by atoms with E-state index in [-0.39, 0.29) is 26.8 Å². The number of carbonyl (C=O) groups is 1. The Balaban J connectivity index is 0.00000128. The molecule has 1 saturated carbocycles. The lowest BCUT2D eigenvalue weighted by atomic mass is 9.61. The average molecular weight is 291 g/mol. The summed E-state index contributed by atoms with van der Waals surface area (Å²) in [7, 11) is 0. The molecule has 2 aliphatic rings. The largest absolute Gasteiger partial charge is 0.465 e. The van der Waals surface area contributed by atoms with Gasteiger partial charge in [0.15, 0.2) is 0 Å². The Morgan fingerprint density at radius 3 is 2.40 bits per heavy atom. The number of halogens is 2. The van der Waals surface area contributed by atoms with Gasteiger partial charge in [0.2, 0.25) is 0 Å². The highest BCUT2D eigenvalue weighted by Gasteiger charge is 2.53. The molecule has 20 heavy (non-hydrogen) atoms. The Morgan fingerprint density at radius 2 is 1.95 bits per heavy atom. The third kappa shape index (κ3) is 3.13. The minimum Gasteiger partial charge on any atom is -0.465 e. The summed E-state index contributed by atoms with van der Waals surface area (Å²) in [5.41, 5.74) is 5.91. The van der Waals surface area contributed by atoms with Gasteiger partial charge >= 0.3 is 5.97 Å². The highest BCUT2D eigenvalue weighted by molar-refractivity contribution is 5.82. The minimum atomic E-state index is -2.74. The first-order valence-corrected chi connectivity index (χ1v) is 7.44. The molecule has 2 aliphatic carbocycles. The van der Waals surface area contributed by atoms with Crippen molar-refractivity contribution in [2.45, 2.75) is 65.2 Å². The van der Waals surface area contributed by atoms with Gasteiger partial charge < -0.3 is 10.5 Å². The molecule has 0 spiro atoms. The summed E-state index contributed by atoms with van der Waals surface area (Å²) in [6.45, 7) is 5.99. The van der Waals surface area contributed by atoms with Crippen LogP contribution in [0.1, 0.15) is 60.7 Å². The van der Waals surface area contributed by atoms with E-state index in [2.05, 4.69) is 0 Å². The predicted octanol–water partition coefficient (Wildman–Crippen LogP) is 4.02. The molecule has 0 aromatic carbocycles. The van der Waals surface area contributed by atoms with E-state index in [9.17, 15) is 13.6 Å². The number of hydrogen-bond donors (Lipinski definition) is 1. The Kier molecular flexibility index (Phi) is 5.54. The van der Waals surface area contributed by atoms with Gasteiger partial charge in [-0.3, -0.25) is 4.79 Å². The van der Waals surface area contributed by atoms with E-state index in [0.29, 0.717) is 24.1 Å². The topological polar surface area (TPSA) is 52.3 Å². The number of hydrogen-bond acceptors (Lipinski definition) is 3. The second kappa shape index (κ2) is 6.55. The summed E-state index contributed by atoms with van der Waals surface area (Å²) in [6.07, 6.45) is 1.58. The van der Waals surface area contributed by atoms with Gasteiger partial charge in [0, 0.05) is 20.0 Å². The fourth-order valence-electron chi connectivity index (χ4n) is 2.83. The Morgan fingerprint density at radius 1 is 1.35 bits per heavy atom. The van der Waals surface area contributed by atoms with Crippen LogP contribution in [-0.2, 0) is 9.53 Å². The summed E-state index contributed by atoms with van der Waals surface area (Å²) in [6, 6.07) is 0. The Labute approximate surface area is 121 Å². The van der Waals surface area contributed by atoms with Crippen molar-refractivity contribution in [1.29, 1.82) is 0 Å². The van der Waals surface area contributed by atoms with Gasteiger partial charge in [-0.05, 0) is 31.8 Å². The fourth-order valence-corrected chi connectivity index (χ4v) is 2.83. The maximum Gasteiger partial charge on any atom is 0.316 e. The van der Waals surface area contributed by atoms with E-state index in [1.165, 1.54) is 0 Å². The van der Waals surface area contributed by atoms with Gasteiger partial charge in [0.1, 0.15) is 0 Å². The molecule has 0 aliphatic heterocycles. The van der Waals surface area contributed by atoms with Crippen molar-refractivity contribution in [1.82, 2.24) is 0 Å². The second-order valence-electron chi connectivity index (χ2n) is 5.19. The number of nitrogens with two attached hydrogens (primary N) is 1. The van der Waals surface area contributed by atoms with E-state index in [1.807, 2.05) is 13.8 Å². The average Bonchev–Trinajstić information content (AvgIpc) is 2.35. The van der Waals surface area contributed by atoms with Crippen molar-refractivity contribution in [2.75, 3.05) is 6.61 Å². The first-order chi connectivity index (χ1) is 9.41. The predicted molar refractivity (Wildman–Crippen MR) is 76.4 cm³/mol. The molecular formula is C15H27F2NO2. The monoisotopic (exact) mass is 291 g/mol. The van der Waals surface area contributed by atoms with E-state index in [1.54, 1.807) is 6.92 Å². The van der Waals surface area contributed by atoms with Gasteiger partial charge in [-0.2, -0.15) is 0 Å². The number of ether oxygens (including phenoxy) is 1. The lowest BCUT2D eigenvalue weighted by molar-refractivity contribution is -0.158. The van der Waals surface area contributed by atoms with Crippen LogP contribution in [0.5, 0.6) is 0 Å². The summed E-state index contributed by atoms with van der Waals surface area (Å²) in [5, 5.41) is 0. The highest BCUT2D eigenvalue weighted by atomic mass is 19.3. The summed E-state index contributed by atoms with van der Waals surface area (Å²) in [4.78, 5) is 12.0. The molecule has 0 aromatic rings. The summed E-state index contributed by atoms with van der Waals surface area (Å²) >= 11 is 0. The van der Waals surface area contributed by atoms with Crippen LogP contribution in [0.2, 0.25) is 0 Å². The number of rotatable bonds is 3. The molecule has 0 saturated heterocycles. The molecule has 0 radical (unpaired) electrons. The zero-order valence-electron chi connectivity index (χ0n) is 12.6. The number of esters is 1. The smallest absolute Gasteiger partial charge is 0.316 e. The summed E-state index contributed by atoms with van der Waals surface area (Å²) < 4.78 is 32.1. The molecule has 2 rings (SSSR count). The molecule has 0 bridgehead atoms. The zero-order valence-corrected chi connectivity index (χ0v) is 12.6. The van der Waals surface area contributed by atoms with E-state index in [4.69, 9.17) is 10.5 Å². The highest BCUT2D eigenvalue weighted by Crippen LogP contribution is 2.53. The van der Waals surface area contributed by atoms with E-state index >= 15 is 0 Å². The molecule has 5 heteroatoms. The van der Waals surface area contributed by atoms with Crippen LogP contribution < -0.4 is 5.73 Å². The molecular weight excluding hydrogens is 264 g/mol. The number of carbonyl (C=O) groups excluding carboxylic acids is 1. The normalized spacial score (nSPS) is 23.2. The molecule has 118 valence electrons. The quantitative estimate of drug-likeness (QED) is 0.799. The van der Waals surface area contributed by atoms with Crippen molar-refractivity contribution in [3.05, 3.63) is 11.3 Å². The van der Waals surface area contributed by atoms with Crippen LogP contribution in [0.25, 0.3) is 0 Å². The third-order valence-corrected chi connectivity index (χ3v) is 4.03. The van der Waals surface area contributed by atoms with Crippen molar-refractivity contribution in [2.24, 2.45) is 11.1 Å². The van der Waals surface area contributed by atoms with Crippen molar-refractivity contribution in [3.8, 4) is 0 Å². The van der Waals surface area contributed by atoms with E-state index < -0.39 is 17.8 Å². The Hall–Kier alpha value is -1.13. The standard InChI is InChI=1S/C13H19F2NO2.C2H6.H2/c1-2-18-11(17)12(5-3-6-12)9-8-13(14,15)7-4-10(9)16;1-2;/h2-8,16H2,1H3;1-2H3;1H.